The fourth-order valence-electron chi connectivity index (χ4n) is 2.30. The van der Waals surface area contributed by atoms with Crippen LogP contribution in [0.15, 0.2) is 23.9 Å². The minimum atomic E-state index is -0.319. The van der Waals surface area contributed by atoms with Gasteiger partial charge < -0.3 is 29.9 Å². The van der Waals surface area contributed by atoms with Gasteiger partial charge in [0.2, 0.25) is 5.91 Å². The largest absolute Gasteiger partial charge is 0.492 e. The van der Waals surface area contributed by atoms with Gasteiger partial charge in [-0.3, -0.25) is 9.59 Å². The van der Waals surface area contributed by atoms with Gasteiger partial charge in [0.05, 0.1) is 6.54 Å². The normalized spacial score (nSPS) is 15.9. The van der Waals surface area contributed by atoms with E-state index >= 15 is 0 Å². The Kier molecular flexibility index (Phi) is 7.63. The number of rotatable bonds is 9. The topological polar surface area (TPSA) is 83.1 Å². The molecule has 1 heterocycles. The molecule has 8 heteroatoms. The number of carbonyl (C=O) groups is 2. The van der Waals surface area contributed by atoms with Crippen molar-refractivity contribution in [3.63, 3.8) is 0 Å². The number of amides is 2. The lowest BCUT2D eigenvalue weighted by molar-refractivity contribution is -0.127. The smallest absolute Gasteiger partial charge is 0.268 e. The molecule has 1 aliphatic rings. The number of piperazine rings is 1. The van der Waals surface area contributed by atoms with Gasteiger partial charge in [-0.25, -0.2) is 0 Å². The van der Waals surface area contributed by atoms with E-state index in [0.29, 0.717) is 30.3 Å². The number of nitrogens with zero attached hydrogens (tertiary/aromatic N) is 2. The summed E-state index contributed by atoms with van der Waals surface area (Å²) in [4.78, 5) is 27.6. The molecular weight excluding hydrogens is 348 g/mol. The van der Waals surface area contributed by atoms with Crippen LogP contribution in [0.2, 0.25) is 0 Å². The van der Waals surface area contributed by atoms with Crippen LogP contribution in [0, 0.1) is 0 Å². The van der Waals surface area contributed by atoms with E-state index in [9.17, 15) is 9.59 Å². The number of benzene rings is 1. The van der Waals surface area contributed by atoms with Crippen molar-refractivity contribution >= 4 is 17.9 Å². The van der Waals surface area contributed by atoms with Crippen LogP contribution in [0.1, 0.15) is 5.56 Å². The number of ether oxygens (including phenoxy) is 2. The van der Waals surface area contributed by atoms with Crippen molar-refractivity contribution in [1.29, 1.82) is 0 Å². The molecule has 148 valence electrons. The average Bonchev–Trinajstić information content (AvgIpc) is 2.59. The van der Waals surface area contributed by atoms with E-state index in [0.717, 1.165) is 13.1 Å². The van der Waals surface area contributed by atoms with Crippen molar-refractivity contribution in [3.05, 3.63) is 29.5 Å². The summed E-state index contributed by atoms with van der Waals surface area (Å²) in [5.74, 6) is 0.718. The molecule has 0 aromatic heterocycles. The Morgan fingerprint density at radius 1 is 1.04 bits per heavy atom. The van der Waals surface area contributed by atoms with Crippen molar-refractivity contribution in [2.45, 2.75) is 0 Å². The fourth-order valence-corrected chi connectivity index (χ4v) is 2.30. The third-order valence-electron chi connectivity index (χ3n) is 3.82. The first-order chi connectivity index (χ1) is 12.8. The van der Waals surface area contributed by atoms with Crippen molar-refractivity contribution in [2.75, 3.05) is 61.0 Å². The van der Waals surface area contributed by atoms with Gasteiger partial charge in [-0.2, -0.15) is 0 Å². The maximum Gasteiger partial charge on any atom is 0.268 e. The van der Waals surface area contributed by atoms with Crippen LogP contribution in [-0.2, 0) is 9.59 Å². The summed E-state index contributed by atoms with van der Waals surface area (Å²) in [6, 6.07) is 5.45. The molecule has 0 atom stereocenters. The molecular formula is C19H28N4O4. The molecule has 0 unspecified atom stereocenters. The van der Waals surface area contributed by atoms with Crippen molar-refractivity contribution < 1.29 is 19.1 Å². The van der Waals surface area contributed by atoms with E-state index in [2.05, 4.69) is 10.6 Å². The van der Waals surface area contributed by atoms with E-state index in [4.69, 9.17) is 9.47 Å². The Bertz CT molecular complexity index is 701. The molecule has 27 heavy (non-hydrogen) atoms. The standard InChI is InChI=1S/C19H28N4O4/c1-22(2)7-9-26-15-6-5-14(17(12-15)27-10-8-23(3)4)11-16-19(25)20-13-18(24)21-16/h5-6,11-12H,7-10,13H2,1-4H3,(H,20,25)(H,21,24). The molecule has 2 amide bonds. The lowest BCUT2D eigenvalue weighted by Crippen LogP contribution is -2.46. The van der Waals surface area contributed by atoms with Crippen LogP contribution in [-0.4, -0.2) is 82.7 Å². The number of carbonyl (C=O) groups excluding carboxylic acids is 2. The molecule has 0 saturated carbocycles. The molecule has 0 bridgehead atoms. The number of nitrogens with one attached hydrogen (secondary N) is 2. The van der Waals surface area contributed by atoms with Crippen LogP contribution >= 0.6 is 0 Å². The lowest BCUT2D eigenvalue weighted by Gasteiger charge is -2.18. The van der Waals surface area contributed by atoms with Crippen LogP contribution < -0.4 is 20.1 Å². The number of likely N-dealkylation sites (N-methyl/N-ethyl adjacent to an activating group) is 2. The first-order valence-electron chi connectivity index (χ1n) is 8.84. The Balaban J connectivity index is 2.20. The van der Waals surface area contributed by atoms with Crippen LogP contribution in [0.4, 0.5) is 0 Å². The van der Waals surface area contributed by atoms with Gasteiger partial charge in [-0.05, 0) is 46.4 Å². The van der Waals surface area contributed by atoms with Gasteiger partial charge in [0, 0.05) is 24.7 Å². The highest BCUT2D eigenvalue weighted by atomic mass is 16.5. The Labute approximate surface area is 160 Å². The van der Waals surface area contributed by atoms with Gasteiger partial charge in [-0.15, -0.1) is 0 Å². The number of hydrogen-bond acceptors (Lipinski definition) is 6. The Hall–Kier alpha value is -2.58. The fraction of sp³-hybridized carbons (Fsp3) is 0.474. The zero-order valence-electron chi connectivity index (χ0n) is 16.4. The predicted octanol–water partition coefficient (Wildman–Crippen LogP) is 0.154. The van der Waals surface area contributed by atoms with Gasteiger partial charge in [0.15, 0.2) is 0 Å². The molecule has 1 aliphatic heterocycles. The first-order valence-corrected chi connectivity index (χ1v) is 8.84. The highest BCUT2D eigenvalue weighted by Crippen LogP contribution is 2.27. The molecule has 2 N–H and O–H groups in total. The molecule has 2 rings (SSSR count). The van der Waals surface area contributed by atoms with Crippen LogP contribution in [0.25, 0.3) is 6.08 Å². The van der Waals surface area contributed by atoms with Crippen molar-refractivity contribution in [1.82, 2.24) is 20.4 Å². The maximum atomic E-state index is 12.0. The van der Waals surface area contributed by atoms with E-state index in [1.165, 1.54) is 0 Å². The highest BCUT2D eigenvalue weighted by Gasteiger charge is 2.20. The minimum Gasteiger partial charge on any atom is -0.492 e. The quantitative estimate of drug-likeness (QED) is 0.597. The average molecular weight is 376 g/mol. The second-order valence-electron chi connectivity index (χ2n) is 6.79. The summed E-state index contributed by atoms with van der Waals surface area (Å²) in [5, 5.41) is 5.12. The summed E-state index contributed by atoms with van der Waals surface area (Å²) in [5.41, 5.74) is 0.894. The molecule has 1 saturated heterocycles. The van der Waals surface area contributed by atoms with Crippen molar-refractivity contribution in [2.24, 2.45) is 0 Å². The molecule has 8 nitrogen and oxygen atoms in total. The van der Waals surface area contributed by atoms with Gasteiger partial charge in [0.1, 0.15) is 30.4 Å². The van der Waals surface area contributed by atoms with E-state index in [-0.39, 0.29) is 24.1 Å². The van der Waals surface area contributed by atoms with Crippen LogP contribution in [0.5, 0.6) is 11.5 Å². The Morgan fingerprint density at radius 2 is 1.70 bits per heavy atom. The second-order valence-corrected chi connectivity index (χ2v) is 6.79. The van der Waals surface area contributed by atoms with E-state index < -0.39 is 0 Å². The van der Waals surface area contributed by atoms with Gasteiger partial charge in [-0.1, -0.05) is 0 Å². The lowest BCUT2D eigenvalue weighted by atomic mass is 10.1. The molecule has 0 spiro atoms. The van der Waals surface area contributed by atoms with Gasteiger partial charge >= 0.3 is 0 Å². The zero-order chi connectivity index (χ0) is 19.8. The zero-order valence-corrected chi connectivity index (χ0v) is 16.4. The summed E-state index contributed by atoms with van der Waals surface area (Å²) in [6.07, 6.45) is 1.61. The van der Waals surface area contributed by atoms with Gasteiger partial charge in [0.25, 0.3) is 5.91 Å². The van der Waals surface area contributed by atoms with Crippen LogP contribution in [0.3, 0.4) is 0 Å². The highest BCUT2D eigenvalue weighted by molar-refractivity contribution is 6.06. The SMILES string of the molecule is CN(C)CCOc1ccc(C=C2NC(=O)CNC2=O)c(OCCN(C)C)c1. The summed E-state index contributed by atoms with van der Waals surface area (Å²) >= 11 is 0. The third kappa shape index (κ3) is 6.92. The molecule has 1 fully saturated rings. The second kappa shape index (κ2) is 9.94. The summed E-state index contributed by atoms with van der Waals surface area (Å²) in [6.45, 7) is 2.58. The molecule has 1 aromatic rings. The minimum absolute atomic E-state index is 0.0129. The molecule has 0 aliphatic carbocycles. The maximum absolute atomic E-state index is 12.0. The number of hydrogen-bond donors (Lipinski definition) is 2. The van der Waals surface area contributed by atoms with Crippen molar-refractivity contribution in [3.8, 4) is 11.5 Å². The monoisotopic (exact) mass is 376 g/mol. The summed E-state index contributed by atoms with van der Waals surface area (Å²) < 4.78 is 11.7. The first kappa shape index (κ1) is 20.7. The Morgan fingerprint density at radius 3 is 2.37 bits per heavy atom. The van der Waals surface area contributed by atoms with E-state index in [1.54, 1.807) is 12.1 Å². The molecule has 1 aromatic carbocycles. The van der Waals surface area contributed by atoms with E-state index in [1.807, 2.05) is 50.1 Å². The predicted molar refractivity (Wildman–Crippen MR) is 104 cm³/mol. The third-order valence-corrected chi connectivity index (χ3v) is 3.82. The molecule has 0 radical (unpaired) electrons. The summed E-state index contributed by atoms with van der Waals surface area (Å²) in [7, 11) is 7.90.